The molecule has 7 nitrogen and oxygen atoms in total. The fourth-order valence-corrected chi connectivity index (χ4v) is 4.67. The van der Waals surface area contributed by atoms with Crippen molar-refractivity contribution in [3.05, 3.63) is 75.1 Å². The fraction of sp³-hybridized carbons (Fsp3) is 0.273. The van der Waals surface area contributed by atoms with E-state index in [0.717, 1.165) is 39.1 Å². The van der Waals surface area contributed by atoms with Gasteiger partial charge in [-0.25, -0.2) is 9.67 Å². The molecule has 8 heteroatoms. The zero-order valence-electron chi connectivity index (χ0n) is 17.3. The van der Waals surface area contributed by atoms with E-state index in [1.165, 1.54) is 15.8 Å². The summed E-state index contributed by atoms with van der Waals surface area (Å²) in [6.45, 7) is 4.64. The Kier molecular flexibility index (Phi) is 5.50. The highest BCUT2D eigenvalue weighted by molar-refractivity contribution is 7.19. The van der Waals surface area contributed by atoms with Gasteiger partial charge in [-0.3, -0.25) is 9.78 Å². The molecule has 4 aromatic rings. The van der Waals surface area contributed by atoms with E-state index in [0.29, 0.717) is 12.1 Å². The first-order chi connectivity index (χ1) is 14.5. The second-order valence-corrected chi connectivity index (χ2v) is 8.33. The number of aromatic nitrogens is 5. The van der Waals surface area contributed by atoms with Gasteiger partial charge in [-0.1, -0.05) is 18.6 Å². The Morgan fingerprint density at radius 2 is 2.17 bits per heavy atom. The minimum absolute atomic E-state index is 0.126. The maximum absolute atomic E-state index is 13.1. The molecule has 0 amide bonds. The molecule has 0 saturated carbocycles. The maximum atomic E-state index is 13.1. The molecular formula is C22H24N6OS. The number of hydrogen-bond acceptors (Lipinski definition) is 6. The Labute approximate surface area is 178 Å². The molecule has 0 atom stereocenters. The van der Waals surface area contributed by atoms with Gasteiger partial charge in [0.2, 0.25) is 0 Å². The van der Waals surface area contributed by atoms with Crippen LogP contribution < -0.4 is 11.3 Å². The zero-order valence-corrected chi connectivity index (χ0v) is 18.1. The maximum Gasteiger partial charge on any atom is 0.291 e. The van der Waals surface area contributed by atoms with Crippen molar-refractivity contribution in [2.75, 3.05) is 0 Å². The number of thiazole rings is 1. The van der Waals surface area contributed by atoms with Crippen molar-refractivity contribution in [1.29, 1.82) is 0 Å². The first-order valence-corrected chi connectivity index (χ1v) is 10.6. The topological polar surface area (TPSA) is 91.6 Å². The number of nitrogens with zero attached hydrogens (tertiary/aromatic N) is 5. The van der Waals surface area contributed by atoms with Crippen molar-refractivity contribution in [3.8, 4) is 0 Å². The summed E-state index contributed by atoms with van der Waals surface area (Å²) in [4.78, 5) is 22.0. The van der Waals surface area contributed by atoms with Crippen LogP contribution in [0, 0.1) is 0 Å². The molecule has 154 valence electrons. The number of allylic oxidation sites excluding steroid dienone is 3. The van der Waals surface area contributed by atoms with Crippen LogP contribution in [0.4, 0.5) is 0 Å². The van der Waals surface area contributed by atoms with Gasteiger partial charge in [0.15, 0.2) is 5.65 Å². The highest BCUT2D eigenvalue weighted by Crippen LogP contribution is 2.32. The van der Waals surface area contributed by atoms with E-state index in [9.17, 15) is 4.79 Å². The lowest BCUT2D eigenvalue weighted by molar-refractivity contribution is 0.642. The van der Waals surface area contributed by atoms with Crippen LogP contribution in [0.15, 0.2) is 58.9 Å². The summed E-state index contributed by atoms with van der Waals surface area (Å²) in [5.41, 5.74) is 10.3. The van der Waals surface area contributed by atoms with Crippen molar-refractivity contribution < 1.29 is 0 Å². The van der Waals surface area contributed by atoms with E-state index in [1.807, 2.05) is 29.8 Å². The third-order valence-electron chi connectivity index (χ3n) is 5.34. The van der Waals surface area contributed by atoms with E-state index >= 15 is 0 Å². The highest BCUT2D eigenvalue weighted by Gasteiger charge is 2.18. The van der Waals surface area contributed by atoms with Gasteiger partial charge in [0, 0.05) is 31.2 Å². The van der Waals surface area contributed by atoms with Gasteiger partial charge in [0.05, 0.1) is 17.4 Å². The molecule has 0 radical (unpaired) electrons. The van der Waals surface area contributed by atoms with Gasteiger partial charge in [-0.2, -0.15) is 5.10 Å². The van der Waals surface area contributed by atoms with Crippen LogP contribution in [0.1, 0.15) is 30.8 Å². The Balaban J connectivity index is 1.77. The zero-order chi connectivity index (χ0) is 21.3. The normalized spacial score (nSPS) is 12.9. The molecule has 0 aromatic carbocycles. The lowest BCUT2D eigenvalue weighted by Crippen LogP contribution is -2.24. The Hall–Kier alpha value is -3.26. The van der Waals surface area contributed by atoms with Crippen molar-refractivity contribution in [1.82, 2.24) is 24.3 Å². The standard InChI is InChI=1S/C22H24N6OS/c1-4-14(2)16(7-8-23)10-18-26-21-20(30-18)17-12-25-28(22(29)19(17)27(21)3)13-15-6-5-9-24-11-15/h5-9,11-12H,4,10,13,23H2,1-3H3/b8-7-,16-14-. The molecule has 0 aliphatic carbocycles. The van der Waals surface area contributed by atoms with Crippen molar-refractivity contribution in [3.63, 3.8) is 0 Å². The first kappa shape index (κ1) is 20.0. The summed E-state index contributed by atoms with van der Waals surface area (Å²) >= 11 is 1.61. The molecule has 0 aliphatic heterocycles. The molecular weight excluding hydrogens is 396 g/mol. The first-order valence-electron chi connectivity index (χ1n) is 9.83. The van der Waals surface area contributed by atoms with E-state index < -0.39 is 0 Å². The Bertz CT molecular complexity index is 1330. The molecule has 4 aromatic heterocycles. The van der Waals surface area contributed by atoms with Crippen molar-refractivity contribution in [2.45, 2.75) is 33.2 Å². The smallest absolute Gasteiger partial charge is 0.291 e. The molecule has 2 N–H and O–H groups in total. The molecule has 0 spiro atoms. The number of nitrogens with two attached hydrogens (primary N) is 1. The van der Waals surface area contributed by atoms with Gasteiger partial charge in [-0.05, 0) is 42.8 Å². The van der Waals surface area contributed by atoms with Gasteiger partial charge >= 0.3 is 0 Å². The number of rotatable bonds is 6. The number of pyridine rings is 1. The van der Waals surface area contributed by atoms with E-state index in [1.54, 1.807) is 36.1 Å². The fourth-order valence-electron chi connectivity index (χ4n) is 3.54. The summed E-state index contributed by atoms with van der Waals surface area (Å²) in [7, 11) is 1.89. The van der Waals surface area contributed by atoms with Crippen molar-refractivity contribution in [2.24, 2.45) is 12.8 Å². The second-order valence-electron chi connectivity index (χ2n) is 7.25. The molecule has 0 bridgehead atoms. The van der Waals surface area contributed by atoms with Crippen LogP contribution in [0.5, 0.6) is 0 Å². The predicted molar refractivity (Wildman–Crippen MR) is 122 cm³/mol. The predicted octanol–water partition coefficient (Wildman–Crippen LogP) is 3.53. The molecule has 0 fully saturated rings. The Morgan fingerprint density at radius 3 is 2.87 bits per heavy atom. The SMILES string of the molecule is CC/C(C)=C(/C=C\N)Cc1nc2c(s1)c1cnn(Cc3cccnc3)c(=O)c1n2C. The molecule has 0 saturated heterocycles. The summed E-state index contributed by atoms with van der Waals surface area (Å²) in [6.07, 6.45) is 10.4. The van der Waals surface area contributed by atoms with Crippen LogP contribution in [-0.2, 0) is 20.0 Å². The average Bonchev–Trinajstić information content (AvgIpc) is 3.28. The summed E-state index contributed by atoms with van der Waals surface area (Å²) in [5.74, 6) is 0. The lowest BCUT2D eigenvalue weighted by atomic mass is 10.0. The third-order valence-corrected chi connectivity index (χ3v) is 6.42. The molecule has 0 aliphatic rings. The summed E-state index contributed by atoms with van der Waals surface area (Å²) in [6, 6.07) is 3.79. The molecule has 4 heterocycles. The van der Waals surface area contributed by atoms with Crippen molar-refractivity contribution >= 4 is 32.6 Å². The van der Waals surface area contributed by atoms with Crippen LogP contribution in [-0.4, -0.2) is 24.3 Å². The second kappa shape index (κ2) is 8.23. The van der Waals surface area contributed by atoms with E-state index in [4.69, 9.17) is 10.7 Å². The molecule has 30 heavy (non-hydrogen) atoms. The molecule has 0 unspecified atom stereocenters. The number of fused-ring (bicyclic) bond motifs is 3. The average molecular weight is 421 g/mol. The monoisotopic (exact) mass is 420 g/mol. The number of hydrogen-bond donors (Lipinski definition) is 1. The van der Waals surface area contributed by atoms with Crippen LogP contribution in [0.2, 0.25) is 0 Å². The van der Waals surface area contributed by atoms with E-state index in [-0.39, 0.29) is 5.56 Å². The lowest BCUT2D eigenvalue weighted by Gasteiger charge is -2.06. The highest BCUT2D eigenvalue weighted by atomic mass is 32.1. The van der Waals surface area contributed by atoms with Crippen LogP contribution >= 0.6 is 11.3 Å². The van der Waals surface area contributed by atoms with E-state index in [2.05, 4.69) is 23.9 Å². The summed E-state index contributed by atoms with van der Waals surface area (Å²) in [5, 5.41) is 6.25. The Morgan fingerprint density at radius 1 is 1.33 bits per heavy atom. The molecule has 4 rings (SSSR count). The summed E-state index contributed by atoms with van der Waals surface area (Å²) < 4.78 is 4.34. The van der Waals surface area contributed by atoms with Gasteiger partial charge in [0.25, 0.3) is 5.56 Å². The number of aryl methyl sites for hydroxylation is 1. The van der Waals surface area contributed by atoms with Crippen LogP contribution in [0.25, 0.3) is 21.3 Å². The van der Waals surface area contributed by atoms with Gasteiger partial charge < -0.3 is 10.3 Å². The van der Waals surface area contributed by atoms with Gasteiger partial charge in [0.1, 0.15) is 10.5 Å². The largest absolute Gasteiger partial charge is 0.405 e. The minimum Gasteiger partial charge on any atom is -0.405 e. The third kappa shape index (κ3) is 3.54. The quantitative estimate of drug-likeness (QED) is 0.482. The minimum atomic E-state index is -0.126. The van der Waals surface area contributed by atoms with Crippen LogP contribution in [0.3, 0.4) is 0 Å². The van der Waals surface area contributed by atoms with Gasteiger partial charge in [-0.15, -0.1) is 11.3 Å².